The molecule has 1 aliphatic heterocycles. The molecule has 2 atom stereocenters. The van der Waals surface area contributed by atoms with Gasteiger partial charge in [-0.25, -0.2) is 0 Å². The van der Waals surface area contributed by atoms with Crippen LogP contribution in [0.15, 0.2) is 36.4 Å². The largest absolute Gasteiger partial charge is 0.491 e. The summed E-state index contributed by atoms with van der Waals surface area (Å²) in [5.74, 6) is -1.88. The number of rotatable bonds is 10. The molecule has 3 rings (SSSR count). The summed E-state index contributed by atoms with van der Waals surface area (Å²) in [5, 5.41) is 0. The normalized spacial score (nSPS) is 18.9. The Kier molecular flexibility index (Phi) is 8.50. The molecule has 0 spiro atoms. The molecule has 0 amide bonds. The highest BCUT2D eigenvalue weighted by atomic mass is 19.2. The average Bonchev–Trinajstić information content (AvgIpc) is 2.78. The van der Waals surface area contributed by atoms with Crippen molar-refractivity contribution in [1.29, 1.82) is 0 Å². The van der Waals surface area contributed by atoms with E-state index in [1.807, 2.05) is 0 Å². The maximum Gasteiger partial charge on any atom is 0.204 e. The van der Waals surface area contributed by atoms with E-state index in [-0.39, 0.29) is 30.8 Å². The molecule has 0 saturated carbocycles. The van der Waals surface area contributed by atoms with Crippen LogP contribution in [-0.2, 0) is 11.2 Å². The lowest BCUT2D eigenvalue weighted by Crippen LogP contribution is -2.29. The summed E-state index contributed by atoms with van der Waals surface area (Å²) in [6.07, 6.45) is 6.58. The van der Waals surface area contributed by atoms with Crippen molar-refractivity contribution in [2.75, 3.05) is 19.8 Å². The second kappa shape index (κ2) is 11.3. The van der Waals surface area contributed by atoms with E-state index in [0.29, 0.717) is 12.5 Å². The molecule has 1 heterocycles. The number of hydrogen-bond donors (Lipinski definition) is 0. The second-order valence-corrected chi connectivity index (χ2v) is 7.86. The van der Waals surface area contributed by atoms with Crippen LogP contribution >= 0.6 is 0 Å². The number of aryl methyl sites for hydroxylation is 1. The van der Waals surface area contributed by atoms with Crippen LogP contribution in [0, 0.1) is 11.6 Å². The van der Waals surface area contributed by atoms with Crippen molar-refractivity contribution in [3.63, 3.8) is 0 Å². The molecule has 164 valence electrons. The zero-order valence-corrected chi connectivity index (χ0v) is 18.0. The van der Waals surface area contributed by atoms with Gasteiger partial charge < -0.3 is 14.2 Å². The van der Waals surface area contributed by atoms with Crippen molar-refractivity contribution in [2.24, 2.45) is 0 Å². The maximum atomic E-state index is 14.1. The summed E-state index contributed by atoms with van der Waals surface area (Å²) in [6, 6.07) is 11.7. The number of benzene rings is 2. The van der Waals surface area contributed by atoms with Crippen molar-refractivity contribution in [3.8, 4) is 11.5 Å². The van der Waals surface area contributed by atoms with E-state index < -0.39 is 11.6 Å². The second-order valence-electron chi connectivity index (χ2n) is 7.86. The molecule has 5 heteroatoms. The molecule has 3 nitrogen and oxygen atoms in total. The van der Waals surface area contributed by atoms with Gasteiger partial charge in [-0.1, -0.05) is 44.0 Å². The highest BCUT2D eigenvalue weighted by Gasteiger charge is 2.24. The molecule has 0 radical (unpaired) electrons. The van der Waals surface area contributed by atoms with Gasteiger partial charge >= 0.3 is 0 Å². The fourth-order valence-corrected chi connectivity index (χ4v) is 3.81. The average molecular weight is 419 g/mol. The van der Waals surface area contributed by atoms with Crippen LogP contribution in [-0.4, -0.2) is 25.9 Å². The molecule has 2 aromatic rings. The summed E-state index contributed by atoms with van der Waals surface area (Å²) in [7, 11) is 0. The van der Waals surface area contributed by atoms with E-state index in [1.54, 1.807) is 6.92 Å². The lowest BCUT2D eigenvalue weighted by molar-refractivity contribution is -0.0219. The lowest BCUT2D eigenvalue weighted by Gasteiger charge is -2.29. The van der Waals surface area contributed by atoms with E-state index in [0.717, 1.165) is 19.3 Å². The smallest absolute Gasteiger partial charge is 0.204 e. The number of unbranched alkanes of at least 4 members (excludes halogenated alkanes) is 2. The first-order chi connectivity index (χ1) is 14.6. The molecule has 1 aliphatic rings. The molecular formula is C25H32F2O3. The Labute approximate surface area is 178 Å². The molecule has 1 fully saturated rings. The van der Waals surface area contributed by atoms with Crippen LogP contribution in [0.25, 0.3) is 0 Å². The first-order valence-corrected chi connectivity index (χ1v) is 11.1. The Morgan fingerprint density at radius 1 is 0.900 bits per heavy atom. The predicted octanol–water partition coefficient (Wildman–Crippen LogP) is 6.44. The van der Waals surface area contributed by atoms with Crippen molar-refractivity contribution in [1.82, 2.24) is 0 Å². The lowest BCUT2D eigenvalue weighted by atomic mass is 9.90. The Balaban J connectivity index is 1.46. The minimum atomic E-state index is -1.02. The van der Waals surface area contributed by atoms with Crippen molar-refractivity contribution >= 4 is 0 Å². The first-order valence-electron chi connectivity index (χ1n) is 11.1. The van der Waals surface area contributed by atoms with E-state index in [1.165, 1.54) is 42.5 Å². The van der Waals surface area contributed by atoms with E-state index in [2.05, 4.69) is 31.2 Å². The van der Waals surface area contributed by atoms with Crippen molar-refractivity contribution in [3.05, 3.63) is 59.2 Å². The molecule has 0 aliphatic carbocycles. The highest BCUT2D eigenvalue weighted by molar-refractivity contribution is 5.35. The van der Waals surface area contributed by atoms with Crippen molar-refractivity contribution < 1.29 is 23.0 Å². The van der Waals surface area contributed by atoms with Gasteiger partial charge in [-0.15, -0.1) is 0 Å². The molecule has 1 saturated heterocycles. The van der Waals surface area contributed by atoms with Gasteiger partial charge in [0.15, 0.2) is 11.5 Å². The van der Waals surface area contributed by atoms with Crippen LogP contribution in [0.4, 0.5) is 8.78 Å². The SMILES string of the molecule is CCCCCc1ccc(C2CCC(COc3ccc(OCC)c(F)c3F)OC2)cc1. The maximum absolute atomic E-state index is 14.1. The van der Waals surface area contributed by atoms with E-state index >= 15 is 0 Å². The Bertz CT molecular complexity index is 784. The van der Waals surface area contributed by atoms with Crippen molar-refractivity contribution in [2.45, 2.75) is 64.4 Å². The quantitative estimate of drug-likeness (QED) is 0.416. The van der Waals surface area contributed by atoms with Crippen LogP contribution < -0.4 is 9.47 Å². The summed E-state index contributed by atoms with van der Waals surface area (Å²) in [6.45, 7) is 5.03. The van der Waals surface area contributed by atoms with Gasteiger partial charge in [-0.3, -0.25) is 0 Å². The van der Waals surface area contributed by atoms with Gasteiger partial charge in [0, 0.05) is 5.92 Å². The van der Waals surface area contributed by atoms with Crippen LogP contribution in [0.1, 0.15) is 63.0 Å². The Hall–Kier alpha value is -2.14. The highest BCUT2D eigenvalue weighted by Crippen LogP contribution is 2.31. The van der Waals surface area contributed by atoms with Gasteiger partial charge in [0.05, 0.1) is 19.3 Å². The molecule has 0 bridgehead atoms. The summed E-state index contributed by atoms with van der Waals surface area (Å²) in [5.41, 5.74) is 2.69. The number of ether oxygens (including phenoxy) is 3. The Morgan fingerprint density at radius 2 is 1.60 bits per heavy atom. The fourth-order valence-electron chi connectivity index (χ4n) is 3.81. The number of hydrogen-bond acceptors (Lipinski definition) is 3. The molecule has 2 unspecified atom stereocenters. The van der Waals surface area contributed by atoms with Crippen LogP contribution in [0.2, 0.25) is 0 Å². The van der Waals surface area contributed by atoms with E-state index in [9.17, 15) is 8.78 Å². The fraction of sp³-hybridized carbons (Fsp3) is 0.520. The topological polar surface area (TPSA) is 27.7 Å². The van der Waals surface area contributed by atoms with Crippen LogP contribution in [0.3, 0.4) is 0 Å². The molecule has 0 N–H and O–H groups in total. The third-order valence-electron chi connectivity index (χ3n) is 5.63. The van der Waals surface area contributed by atoms with Gasteiger partial charge in [0.2, 0.25) is 11.6 Å². The Morgan fingerprint density at radius 3 is 2.20 bits per heavy atom. The van der Waals surface area contributed by atoms with Gasteiger partial charge in [-0.2, -0.15) is 8.78 Å². The molecule has 0 aromatic heterocycles. The summed E-state index contributed by atoms with van der Waals surface area (Å²) >= 11 is 0. The third kappa shape index (κ3) is 5.94. The van der Waals surface area contributed by atoms with E-state index in [4.69, 9.17) is 14.2 Å². The summed E-state index contributed by atoms with van der Waals surface area (Å²) < 4.78 is 44.6. The predicted molar refractivity (Wildman–Crippen MR) is 114 cm³/mol. The first kappa shape index (κ1) is 22.5. The van der Waals surface area contributed by atoms with Gasteiger partial charge in [-0.05, 0) is 55.9 Å². The summed E-state index contributed by atoms with van der Waals surface area (Å²) in [4.78, 5) is 0. The molecule has 2 aromatic carbocycles. The van der Waals surface area contributed by atoms with Crippen LogP contribution in [0.5, 0.6) is 11.5 Å². The minimum absolute atomic E-state index is 0.101. The van der Waals surface area contributed by atoms with Gasteiger partial charge in [0.1, 0.15) is 6.61 Å². The zero-order chi connectivity index (χ0) is 21.3. The van der Waals surface area contributed by atoms with Gasteiger partial charge in [0.25, 0.3) is 0 Å². The third-order valence-corrected chi connectivity index (χ3v) is 5.63. The minimum Gasteiger partial charge on any atom is -0.491 e. The number of halogens is 2. The zero-order valence-electron chi connectivity index (χ0n) is 18.0. The molecular weight excluding hydrogens is 386 g/mol. The standard InChI is InChI=1S/C25H32F2O3/c1-3-5-6-7-18-8-10-19(11-9-18)20-12-13-21(29-16-20)17-30-23-15-14-22(28-4-2)24(26)25(23)27/h8-11,14-15,20-21H,3-7,12-13,16-17H2,1-2H3. The monoisotopic (exact) mass is 418 g/mol. The molecule has 30 heavy (non-hydrogen) atoms.